The maximum atomic E-state index is 11.9. The number of hydrazine groups is 1. The summed E-state index contributed by atoms with van der Waals surface area (Å²) in [5.41, 5.74) is 6.05. The number of carbonyl (C=O) groups is 2. The molecule has 0 aliphatic rings. The van der Waals surface area contributed by atoms with Crippen molar-refractivity contribution >= 4 is 45.7 Å². The lowest BCUT2D eigenvalue weighted by molar-refractivity contribution is -0.119. The van der Waals surface area contributed by atoms with Gasteiger partial charge in [-0.15, -0.1) is 10.2 Å². The molecule has 3 rings (SSSR count). The van der Waals surface area contributed by atoms with Gasteiger partial charge in [0.2, 0.25) is 11.0 Å². The number of hydrogen-bond acceptors (Lipinski definition) is 8. The minimum atomic E-state index is -0.375. The Bertz CT molecular complexity index is 949. The maximum absolute atomic E-state index is 11.9. The number of amides is 2. The fraction of sp³-hybridized carbons (Fsp3) is 0.111. The SMILES string of the molecule is COc1cccc(Nc2nnc(SCC(=O)NNC(=O)c3ccccc3)s2)c1. The van der Waals surface area contributed by atoms with Gasteiger partial charge in [-0.2, -0.15) is 0 Å². The minimum Gasteiger partial charge on any atom is -0.497 e. The second kappa shape index (κ2) is 9.72. The largest absolute Gasteiger partial charge is 0.497 e. The standard InChI is InChI=1S/C18H17N5O3S2/c1-26-14-9-5-8-13(10-14)19-17-22-23-18(28-17)27-11-15(24)20-21-16(25)12-6-3-2-4-7-12/h2-10H,11H2,1H3,(H,19,22)(H,20,24)(H,21,25). The Morgan fingerprint density at radius 3 is 2.68 bits per heavy atom. The molecule has 0 saturated heterocycles. The van der Waals surface area contributed by atoms with Crippen molar-refractivity contribution in [1.82, 2.24) is 21.0 Å². The van der Waals surface area contributed by atoms with Crippen LogP contribution in [0.2, 0.25) is 0 Å². The zero-order valence-electron chi connectivity index (χ0n) is 14.8. The Morgan fingerprint density at radius 2 is 1.89 bits per heavy atom. The zero-order valence-corrected chi connectivity index (χ0v) is 16.5. The summed E-state index contributed by atoms with van der Waals surface area (Å²) in [6, 6.07) is 16.1. The third kappa shape index (κ3) is 5.69. The molecule has 28 heavy (non-hydrogen) atoms. The molecule has 0 saturated carbocycles. The highest BCUT2D eigenvalue weighted by molar-refractivity contribution is 8.01. The van der Waals surface area contributed by atoms with Crippen molar-refractivity contribution in [2.75, 3.05) is 18.2 Å². The number of nitrogens with zero attached hydrogens (tertiary/aromatic N) is 2. The molecule has 0 aliphatic carbocycles. The van der Waals surface area contributed by atoms with Crippen LogP contribution in [0.5, 0.6) is 5.75 Å². The van der Waals surface area contributed by atoms with Crippen LogP contribution < -0.4 is 20.9 Å². The van der Waals surface area contributed by atoms with Gasteiger partial charge in [0.15, 0.2) is 4.34 Å². The number of nitrogens with one attached hydrogen (secondary N) is 3. The van der Waals surface area contributed by atoms with Gasteiger partial charge in [0.25, 0.3) is 5.91 Å². The van der Waals surface area contributed by atoms with E-state index in [-0.39, 0.29) is 17.6 Å². The van der Waals surface area contributed by atoms with Crippen LogP contribution in [0.3, 0.4) is 0 Å². The van der Waals surface area contributed by atoms with Crippen molar-refractivity contribution in [1.29, 1.82) is 0 Å². The quantitative estimate of drug-likeness (QED) is 0.402. The highest BCUT2D eigenvalue weighted by Crippen LogP contribution is 2.28. The lowest BCUT2D eigenvalue weighted by atomic mass is 10.2. The highest BCUT2D eigenvalue weighted by Gasteiger charge is 2.10. The minimum absolute atomic E-state index is 0.100. The molecule has 3 aromatic rings. The van der Waals surface area contributed by atoms with Gasteiger partial charge in [-0.05, 0) is 24.3 Å². The molecule has 8 nitrogen and oxygen atoms in total. The lowest BCUT2D eigenvalue weighted by Crippen LogP contribution is -2.42. The van der Waals surface area contributed by atoms with Crippen molar-refractivity contribution in [3.8, 4) is 5.75 Å². The van der Waals surface area contributed by atoms with Gasteiger partial charge in [0.1, 0.15) is 5.75 Å². The van der Waals surface area contributed by atoms with Gasteiger partial charge in [-0.3, -0.25) is 20.4 Å². The molecule has 0 unspecified atom stereocenters. The summed E-state index contributed by atoms with van der Waals surface area (Å²) < 4.78 is 5.81. The Hall–Kier alpha value is -3.11. The topological polar surface area (TPSA) is 105 Å². The number of anilines is 2. The number of benzene rings is 2. The van der Waals surface area contributed by atoms with Crippen molar-refractivity contribution < 1.29 is 14.3 Å². The second-order valence-electron chi connectivity index (χ2n) is 5.39. The Labute approximate surface area is 169 Å². The molecule has 1 aromatic heterocycles. The molecule has 0 spiro atoms. The zero-order chi connectivity index (χ0) is 19.8. The first-order valence-corrected chi connectivity index (χ1v) is 9.96. The number of rotatable bonds is 7. The van der Waals surface area contributed by atoms with E-state index >= 15 is 0 Å². The van der Waals surface area contributed by atoms with Crippen molar-refractivity contribution in [3.63, 3.8) is 0 Å². The van der Waals surface area contributed by atoms with Crippen molar-refractivity contribution in [2.45, 2.75) is 4.34 Å². The average molecular weight is 416 g/mol. The molecule has 2 amide bonds. The normalized spacial score (nSPS) is 10.2. The second-order valence-corrected chi connectivity index (χ2v) is 7.59. The fourth-order valence-electron chi connectivity index (χ4n) is 2.09. The van der Waals surface area contributed by atoms with E-state index in [1.54, 1.807) is 31.4 Å². The van der Waals surface area contributed by atoms with E-state index in [0.29, 0.717) is 15.0 Å². The van der Waals surface area contributed by atoms with Crippen LogP contribution in [0.1, 0.15) is 10.4 Å². The van der Waals surface area contributed by atoms with E-state index in [9.17, 15) is 9.59 Å². The van der Waals surface area contributed by atoms with E-state index < -0.39 is 0 Å². The molecule has 0 atom stereocenters. The monoisotopic (exact) mass is 415 g/mol. The Kier molecular flexibility index (Phi) is 6.82. The number of aromatic nitrogens is 2. The number of ether oxygens (including phenoxy) is 1. The first-order chi connectivity index (χ1) is 13.6. The first kappa shape index (κ1) is 19.6. The summed E-state index contributed by atoms with van der Waals surface area (Å²) in [5.74, 6) is 0.118. The molecule has 2 aromatic carbocycles. The lowest BCUT2D eigenvalue weighted by Gasteiger charge is -2.06. The number of thioether (sulfide) groups is 1. The van der Waals surface area contributed by atoms with E-state index in [0.717, 1.165) is 11.4 Å². The molecule has 0 bridgehead atoms. The van der Waals surface area contributed by atoms with Crippen LogP contribution in [0.25, 0.3) is 0 Å². The van der Waals surface area contributed by atoms with Gasteiger partial charge in [-0.25, -0.2) is 0 Å². The van der Waals surface area contributed by atoms with Gasteiger partial charge < -0.3 is 10.1 Å². The van der Waals surface area contributed by atoms with Gasteiger partial charge in [0.05, 0.1) is 12.9 Å². The van der Waals surface area contributed by atoms with E-state index in [1.165, 1.54) is 23.1 Å². The molecular formula is C18H17N5O3S2. The van der Waals surface area contributed by atoms with Crippen LogP contribution in [0.15, 0.2) is 58.9 Å². The summed E-state index contributed by atoms with van der Waals surface area (Å²) in [4.78, 5) is 23.8. The van der Waals surface area contributed by atoms with Crippen molar-refractivity contribution in [2.24, 2.45) is 0 Å². The van der Waals surface area contributed by atoms with Crippen LogP contribution in [-0.2, 0) is 4.79 Å². The van der Waals surface area contributed by atoms with E-state index in [1.807, 2.05) is 30.3 Å². The average Bonchev–Trinajstić information content (AvgIpc) is 3.18. The fourth-order valence-corrected chi connectivity index (χ4v) is 3.67. The first-order valence-electron chi connectivity index (χ1n) is 8.15. The molecule has 10 heteroatoms. The predicted octanol–water partition coefficient (Wildman–Crippen LogP) is 2.84. The summed E-state index contributed by atoms with van der Waals surface area (Å²) in [6.07, 6.45) is 0. The molecule has 3 N–H and O–H groups in total. The molecule has 0 radical (unpaired) electrons. The highest BCUT2D eigenvalue weighted by atomic mass is 32.2. The number of carbonyl (C=O) groups excluding carboxylic acids is 2. The molecule has 0 fully saturated rings. The maximum Gasteiger partial charge on any atom is 0.269 e. The number of hydrogen-bond donors (Lipinski definition) is 3. The summed E-state index contributed by atoms with van der Waals surface area (Å²) in [6.45, 7) is 0. The van der Waals surface area contributed by atoms with Crippen LogP contribution in [0.4, 0.5) is 10.8 Å². The Morgan fingerprint density at radius 1 is 1.07 bits per heavy atom. The summed E-state index contributed by atoms with van der Waals surface area (Å²) in [5, 5.41) is 11.8. The third-order valence-electron chi connectivity index (χ3n) is 3.41. The van der Waals surface area contributed by atoms with Gasteiger partial charge in [0, 0.05) is 17.3 Å². The van der Waals surface area contributed by atoms with Crippen LogP contribution in [-0.4, -0.2) is 34.9 Å². The van der Waals surface area contributed by atoms with Crippen molar-refractivity contribution in [3.05, 3.63) is 60.2 Å². The molecule has 144 valence electrons. The van der Waals surface area contributed by atoms with Crippen LogP contribution >= 0.6 is 23.1 Å². The molecular weight excluding hydrogens is 398 g/mol. The van der Waals surface area contributed by atoms with Gasteiger partial charge in [-0.1, -0.05) is 47.4 Å². The van der Waals surface area contributed by atoms with Gasteiger partial charge >= 0.3 is 0 Å². The third-order valence-corrected chi connectivity index (χ3v) is 5.38. The van der Waals surface area contributed by atoms with Crippen LogP contribution in [0, 0.1) is 0 Å². The van der Waals surface area contributed by atoms with E-state index in [2.05, 4.69) is 26.4 Å². The smallest absolute Gasteiger partial charge is 0.269 e. The summed E-state index contributed by atoms with van der Waals surface area (Å²) in [7, 11) is 1.60. The summed E-state index contributed by atoms with van der Waals surface area (Å²) >= 11 is 2.56. The number of methoxy groups -OCH3 is 1. The Balaban J connectivity index is 1.44. The molecule has 1 heterocycles. The molecule has 0 aliphatic heterocycles. The van der Waals surface area contributed by atoms with E-state index in [4.69, 9.17) is 4.74 Å². The predicted molar refractivity (Wildman–Crippen MR) is 109 cm³/mol.